The first-order chi connectivity index (χ1) is 13.5. The SMILES string of the molecule is CCCS(=O)(=O)Nc1ccc(S(=O)(=O)Nc2nn(C)cc2C(=O)OCC)cc1F. The number of hydrogen-bond acceptors (Lipinski definition) is 7. The van der Waals surface area contributed by atoms with E-state index in [0.717, 1.165) is 12.1 Å². The molecule has 29 heavy (non-hydrogen) atoms. The third-order valence-corrected chi connectivity index (χ3v) is 6.36. The molecule has 0 amide bonds. The molecule has 1 aromatic heterocycles. The van der Waals surface area contributed by atoms with E-state index in [2.05, 4.69) is 14.5 Å². The van der Waals surface area contributed by atoms with Gasteiger partial charge in [0.2, 0.25) is 10.0 Å². The van der Waals surface area contributed by atoms with Gasteiger partial charge in [-0.05, 0) is 31.5 Å². The van der Waals surface area contributed by atoms with Gasteiger partial charge in [0.25, 0.3) is 10.0 Å². The number of carbonyl (C=O) groups is 1. The molecule has 13 heteroatoms. The Labute approximate surface area is 168 Å². The number of halogens is 1. The van der Waals surface area contributed by atoms with Crippen molar-refractivity contribution < 1.29 is 30.8 Å². The molecule has 0 atom stereocenters. The van der Waals surface area contributed by atoms with Gasteiger partial charge >= 0.3 is 5.97 Å². The van der Waals surface area contributed by atoms with Crippen molar-refractivity contribution in [3.05, 3.63) is 35.8 Å². The van der Waals surface area contributed by atoms with Gasteiger partial charge in [0.15, 0.2) is 5.82 Å². The molecule has 160 valence electrons. The number of nitrogens with zero attached hydrogens (tertiary/aromatic N) is 2. The van der Waals surface area contributed by atoms with E-state index in [0.29, 0.717) is 12.5 Å². The zero-order chi connectivity index (χ0) is 21.8. The van der Waals surface area contributed by atoms with Crippen molar-refractivity contribution in [2.24, 2.45) is 7.05 Å². The zero-order valence-electron chi connectivity index (χ0n) is 16.0. The highest BCUT2D eigenvalue weighted by molar-refractivity contribution is 7.93. The number of carbonyl (C=O) groups excluding carboxylic acids is 1. The summed E-state index contributed by atoms with van der Waals surface area (Å²) < 4.78 is 73.2. The molecule has 2 aromatic rings. The minimum Gasteiger partial charge on any atom is -0.462 e. The Balaban J connectivity index is 2.31. The van der Waals surface area contributed by atoms with E-state index in [9.17, 15) is 26.0 Å². The third kappa shape index (κ3) is 5.67. The van der Waals surface area contributed by atoms with E-state index in [1.807, 2.05) is 0 Å². The average molecular weight is 448 g/mol. The van der Waals surface area contributed by atoms with Crippen LogP contribution in [0.3, 0.4) is 0 Å². The van der Waals surface area contributed by atoms with Crippen molar-refractivity contribution >= 4 is 37.5 Å². The molecule has 0 spiro atoms. The molecule has 0 saturated carbocycles. The quantitative estimate of drug-likeness (QED) is 0.557. The lowest BCUT2D eigenvalue weighted by molar-refractivity contribution is 0.0527. The average Bonchev–Trinajstić information content (AvgIpc) is 2.96. The Morgan fingerprint density at radius 3 is 2.48 bits per heavy atom. The molecule has 0 aliphatic carbocycles. The van der Waals surface area contributed by atoms with Crippen LogP contribution in [0.1, 0.15) is 30.6 Å². The highest BCUT2D eigenvalue weighted by Crippen LogP contribution is 2.23. The lowest BCUT2D eigenvalue weighted by Gasteiger charge is -2.11. The number of benzene rings is 1. The van der Waals surface area contributed by atoms with Crippen LogP contribution in [-0.2, 0) is 31.8 Å². The van der Waals surface area contributed by atoms with Gasteiger partial charge in [0.1, 0.15) is 11.4 Å². The number of sulfonamides is 2. The van der Waals surface area contributed by atoms with Crippen LogP contribution in [0.15, 0.2) is 29.3 Å². The third-order valence-electron chi connectivity index (χ3n) is 3.54. The number of aryl methyl sites for hydroxylation is 1. The Morgan fingerprint density at radius 1 is 1.21 bits per heavy atom. The maximum absolute atomic E-state index is 14.3. The van der Waals surface area contributed by atoms with Crippen LogP contribution >= 0.6 is 0 Å². The monoisotopic (exact) mass is 448 g/mol. The maximum atomic E-state index is 14.3. The van der Waals surface area contributed by atoms with Crippen LogP contribution in [0, 0.1) is 5.82 Å². The summed E-state index contributed by atoms with van der Waals surface area (Å²) in [4.78, 5) is 11.5. The highest BCUT2D eigenvalue weighted by Gasteiger charge is 2.24. The molecule has 2 rings (SSSR count). The van der Waals surface area contributed by atoms with Crippen molar-refractivity contribution in [1.82, 2.24) is 9.78 Å². The fourth-order valence-electron chi connectivity index (χ4n) is 2.34. The smallest absolute Gasteiger partial charge is 0.343 e. The van der Waals surface area contributed by atoms with Gasteiger partial charge in [-0.3, -0.25) is 14.1 Å². The van der Waals surface area contributed by atoms with Crippen LogP contribution in [0.5, 0.6) is 0 Å². The molecule has 1 heterocycles. The number of rotatable bonds is 9. The molecule has 0 unspecified atom stereocenters. The fourth-order valence-corrected chi connectivity index (χ4v) is 4.51. The van der Waals surface area contributed by atoms with Crippen molar-refractivity contribution in [2.45, 2.75) is 25.2 Å². The number of esters is 1. The van der Waals surface area contributed by atoms with E-state index in [-0.39, 0.29) is 29.4 Å². The minimum absolute atomic E-state index is 0.0839. The molecule has 2 N–H and O–H groups in total. The van der Waals surface area contributed by atoms with Gasteiger partial charge in [-0.1, -0.05) is 6.92 Å². The van der Waals surface area contributed by atoms with Crippen molar-refractivity contribution in [2.75, 3.05) is 21.8 Å². The second kappa shape index (κ2) is 8.78. The molecule has 0 fully saturated rings. The normalized spacial score (nSPS) is 11.9. The van der Waals surface area contributed by atoms with E-state index in [4.69, 9.17) is 4.74 Å². The summed E-state index contributed by atoms with van der Waals surface area (Å²) in [7, 11) is -6.57. The molecule has 0 saturated heterocycles. The summed E-state index contributed by atoms with van der Waals surface area (Å²) in [5, 5.41) is 3.87. The summed E-state index contributed by atoms with van der Waals surface area (Å²) in [5.74, 6) is -2.33. The van der Waals surface area contributed by atoms with Crippen LogP contribution in [0.4, 0.5) is 15.9 Å². The van der Waals surface area contributed by atoms with Crippen molar-refractivity contribution in [3.8, 4) is 0 Å². The molecule has 0 bridgehead atoms. The Bertz CT molecular complexity index is 1110. The summed E-state index contributed by atoms with van der Waals surface area (Å²) in [5.41, 5.74) is -0.482. The minimum atomic E-state index is -4.31. The molecule has 0 radical (unpaired) electrons. The standard InChI is InChI=1S/C16H21FN4O6S2/c1-4-8-28(23,24)19-14-7-6-11(9-13(14)17)29(25,26)20-15-12(10-21(3)18-15)16(22)27-5-2/h6-7,9-10,19H,4-5,8H2,1-3H3,(H,18,20). The molecular formula is C16H21FN4O6S2. The van der Waals surface area contributed by atoms with Crippen molar-refractivity contribution in [3.63, 3.8) is 0 Å². The predicted octanol–water partition coefficient (Wildman–Crippen LogP) is 1.69. The Kier molecular flexibility index (Phi) is 6.85. The summed E-state index contributed by atoms with van der Waals surface area (Å²) in [6.07, 6.45) is 1.61. The predicted molar refractivity (Wildman–Crippen MR) is 104 cm³/mol. The number of hydrogen-bond donors (Lipinski definition) is 2. The maximum Gasteiger partial charge on any atom is 0.343 e. The summed E-state index contributed by atoms with van der Waals surface area (Å²) >= 11 is 0. The topological polar surface area (TPSA) is 136 Å². The Hall–Kier alpha value is -2.67. The van der Waals surface area contributed by atoms with Gasteiger partial charge in [-0.15, -0.1) is 0 Å². The summed E-state index contributed by atoms with van der Waals surface area (Å²) in [6, 6.07) is 2.70. The lowest BCUT2D eigenvalue weighted by atomic mass is 10.3. The number of nitrogens with one attached hydrogen (secondary N) is 2. The van der Waals surface area contributed by atoms with Gasteiger partial charge in [-0.25, -0.2) is 26.0 Å². The molecule has 10 nitrogen and oxygen atoms in total. The van der Waals surface area contributed by atoms with Crippen LogP contribution in [-0.4, -0.2) is 44.9 Å². The number of anilines is 2. The first-order valence-electron chi connectivity index (χ1n) is 8.52. The van der Waals surface area contributed by atoms with E-state index in [1.54, 1.807) is 13.8 Å². The number of ether oxygens (including phenoxy) is 1. The first-order valence-corrected chi connectivity index (χ1v) is 11.7. The molecule has 0 aliphatic heterocycles. The largest absolute Gasteiger partial charge is 0.462 e. The number of aromatic nitrogens is 2. The van der Waals surface area contributed by atoms with Crippen LogP contribution in [0.25, 0.3) is 0 Å². The van der Waals surface area contributed by atoms with Gasteiger partial charge in [0.05, 0.1) is 22.9 Å². The lowest BCUT2D eigenvalue weighted by Crippen LogP contribution is -2.18. The second-order valence-corrected chi connectivity index (χ2v) is 9.48. The van der Waals surface area contributed by atoms with Crippen molar-refractivity contribution in [1.29, 1.82) is 0 Å². The van der Waals surface area contributed by atoms with Crippen LogP contribution < -0.4 is 9.44 Å². The second-order valence-electron chi connectivity index (χ2n) is 5.95. The van der Waals surface area contributed by atoms with E-state index < -0.39 is 36.7 Å². The first kappa shape index (κ1) is 22.6. The van der Waals surface area contributed by atoms with Gasteiger partial charge in [-0.2, -0.15) is 5.10 Å². The highest BCUT2D eigenvalue weighted by atomic mass is 32.2. The summed E-state index contributed by atoms with van der Waals surface area (Å²) in [6.45, 7) is 3.33. The Morgan fingerprint density at radius 2 is 1.90 bits per heavy atom. The zero-order valence-corrected chi connectivity index (χ0v) is 17.6. The van der Waals surface area contributed by atoms with E-state index >= 15 is 0 Å². The van der Waals surface area contributed by atoms with Gasteiger partial charge in [0, 0.05) is 13.2 Å². The molecule has 0 aliphatic rings. The van der Waals surface area contributed by atoms with Gasteiger partial charge < -0.3 is 4.74 Å². The molecular weight excluding hydrogens is 427 g/mol. The fraction of sp³-hybridized carbons (Fsp3) is 0.375. The molecule has 1 aromatic carbocycles. The van der Waals surface area contributed by atoms with Crippen LogP contribution in [0.2, 0.25) is 0 Å². The van der Waals surface area contributed by atoms with E-state index in [1.165, 1.54) is 17.9 Å².